The maximum absolute atomic E-state index is 12.8. The summed E-state index contributed by atoms with van der Waals surface area (Å²) in [5.41, 5.74) is -2.24. The molecule has 2 aromatic rings. The molecule has 0 aliphatic rings. The predicted molar refractivity (Wildman–Crippen MR) is 93.1 cm³/mol. The molecule has 28 heavy (non-hydrogen) atoms. The second-order valence-electron chi connectivity index (χ2n) is 5.50. The summed E-state index contributed by atoms with van der Waals surface area (Å²) in [6, 6.07) is 7.30. The van der Waals surface area contributed by atoms with Gasteiger partial charge in [-0.25, -0.2) is 4.79 Å². The Labute approximate surface area is 161 Å². The minimum atomic E-state index is -4.64. The topological polar surface area (TPSA) is 98.5 Å². The lowest BCUT2D eigenvalue weighted by molar-refractivity contribution is -0.385. The van der Waals surface area contributed by atoms with Crippen molar-refractivity contribution in [2.75, 3.05) is 5.32 Å². The zero-order valence-corrected chi connectivity index (χ0v) is 14.9. The number of benzene rings is 2. The number of halogens is 4. The summed E-state index contributed by atoms with van der Waals surface area (Å²) in [6.07, 6.45) is -6.10. The van der Waals surface area contributed by atoms with Crippen molar-refractivity contribution in [3.8, 4) is 0 Å². The molecule has 11 heteroatoms. The van der Waals surface area contributed by atoms with Crippen LogP contribution >= 0.6 is 11.6 Å². The highest BCUT2D eigenvalue weighted by Crippen LogP contribution is 2.34. The van der Waals surface area contributed by atoms with Crippen LogP contribution in [0.2, 0.25) is 5.02 Å². The van der Waals surface area contributed by atoms with Crippen molar-refractivity contribution < 1.29 is 32.4 Å². The molecule has 0 heterocycles. The molecule has 0 saturated heterocycles. The van der Waals surface area contributed by atoms with E-state index >= 15 is 0 Å². The smallest absolute Gasteiger partial charge is 0.416 e. The Morgan fingerprint density at radius 2 is 1.86 bits per heavy atom. The van der Waals surface area contributed by atoms with Crippen LogP contribution in [0.15, 0.2) is 42.5 Å². The summed E-state index contributed by atoms with van der Waals surface area (Å²) in [5.74, 6) is -2.10. The molecule has 2 aromatic carbocycles. The van der Waals surface area contributed by atoms with Gasteiger partial charge < -0.3 is 10.1 Å². The fourth-order valence-corrected chi connectivity index (χ4v) is 2.28. The van der Waals surface area contributed by atoms with E-state index in [4.69, 9.17) is 16.3 Å². The van der Waals surface area contributed by atoms with E-state index in [0.717, 1.165) is 31.2 Å². The van der Waals surface area contributed by atoms with Crippen LogP contribution in [0.5, 0.6) is 0 Å². The molecule has 1 atom stereocenters. The molecule has 1 amide bonds. The van der Waals surface area contributed by atoms with Gasteiger partial charge in [-0.3, -0.25) is 14.9 Å². The first-order valence-corrected chi connectivity index (χ1v) is 8.00. The first kappa shape index (κ1) is 21.2. The molecule has 148 valence electrons. The quantitative estimate of drug-likeness (QED) is 0.441. The van der Waals surface area contributed by atoms with Gasteiger partial charge in [0.1, 0.15) is 5.56 Å². The second kappa shape index (κ2) is 8.26. The molecule has 0 aromatic heterocycles. The third-order valence-corrected chi connectivity index (χ3v) is 3.85. The van der Waals surface area contributed by atoms with E-state index in [2.05, 4.69) is 5.32 Å². The largest absolute Gasteiger partial charge is 0.449 e. The van der Waals surface area contributed by atoms with Crippen LogP contribution in [-0.2, 0) is 15.7 Å². The molecule has 0 aliphatic heterocycles. The summed E-state index contributed by atoms with van der Waals surface area (Å²) in [7, 11) is 0. The van der Waals surface area contributed by atoms with E-state index in [1.165, 1.54) is 12.1 Å². The van der Waals surface area contributed by atoms with E-state index in [1.54, 1.807) is 0 Å². The average Bonchev–Trinajstić information content (AvgIpc) is 2.62. The van der Waals surface area contributed by atoms with Crippen molar-refractivity contribution in [3.63, 3.8) is 0 Å². The van der Waals surface area contributed by atoms with Crippen molar-refractivity contribution in [2.45, 2.75) is 19.2 Å². The van der Waals surface area contributed by atoms with E-state index in [1.807, 2.05) is 0 Å². The van der Waals surface area contributed by atoms with Gasteiger partial charge in [-0.05, 0) is 31.2 Å². The Kier molecular flexibility index (Phi) is 6.24. The monoisotopic (exact) mass is 416 g/mol. The zero-order valence-electron chi connectivity index (χ0n) is 14.1. The average molecular weight is 417 g/mol. The van der Waals surface area contributed by atoms with Crippen molar-refractivity contribution in [2.24, 2.45) is 0 Å². The number of nitro groups is 1. The number of hydrogen-bond donors (Lipinski definition) is 1. The number of amides is 1. The molecule has 0 bridgehead atoms. The Morgan fingerprint density at radius 1 is 1.21 bits per heavy atom. The Hall–Kier alpha value is -3.14. The van der Waals surface area contributed by atoms with Crippen LogP contribution in [0.3, 0.4) is 0 Å². The number of carbonyl (C=O) groups is 2. The summed E-state index contributed by atoms with van der Waals surface area (Å²) >= 11 is 5.79. The fraction of sp³-hybridized carbons (Fsp3) is 0.176. The zero-order chi connectivity index (χ0) is 21.1. The van der Waals surface area contributed by atoms with Crippen LogP contribution in [0.25, 0.3) is 0 Å². The molecule has 1 N–H and O–H groups in total. The predicted octanol–water partition coefficient (Wildman–Crippen LogP) is 4.45. The number of para-hydroxylation sites is 1. The molecule has 2 rings (SSSR count). The molecular weight excluding hydrogens is 405 g/mol. The first-order chi connectivity index (χ1) is 13.0. The Bertz CT molecular complexity index is 933. The maximum atomic E-state index is 12.8. The lowest BCUT2D eigenvalue weighted by atomic mass is 10.2. The van der Waals surface area contributed by atoms with E-state index in [9.17, 15) is 32.9 Å². The molecule has 0 aliphatic carbocycles. The van der Waals surface area contributed by atoms with E-state index < -0.39 is 40.3 Å². The van der Waals surface area contributed by atoms with Crippen LogP contribution in [-0.4, -0.2) is 22.9 Å². The van der Waals surface area contributed by atoms with Gasteiger partial charge in [0.25, 0.3) is 11.6 Å². The number of esters is 1. The van der Waals surface area contributed by atoms with Crippen molar-refractivity contribution in [1.29, 1.82) is 0 Å². The number of nitrogens with one attached hydrogen (secondary N) is 1. The van der Waals surface area contributed by atoms with Crippen LogP contribution in [0, 0.1) is 10.1 Å². The number of nitro benzene ring substituents is 1. The molecule has 0 spiro atoms. The van der Waals surface area contributed by atoms with Crippen LogP contribution < -0.4 is 5.32 Å². The SMILES string of the molecule is CC(OC(=O)c1ccccc1[N+](=O)[O-])C(=O)Nc1cc(C(F)(F)F)ccc1Cl. The van der Waals surface area contributed by atoms with Gasteiger partial charge in [0.15, 0.2) is 6.10 Å². The minimum absolute atomic E-state index is 0.154. The molecular formula is C17H12ClF3N2O5. The summed E-state index contributed by atoms with van der Waals surface area (Å²) in [4.78, 5) is 34.4. The van der Waals surface area contributed by atoms with Gasteiger partial charge in [-0.1, -0.05) is 23.7 Å². The first-order valence-electron chi connectivity index (χ1n) is 7.62. The lowest BCUT2D eigenvalue weighted by Gasteiger charge is -2.15. The Morgan fingerprint density at radius 3 is 2.46 bits per heavy atom. The van der Waals surface area contributed by atoms with Crippen LogP contribution in [0.1, 0.15) is 22.8 Å². The van der Waals surface area contributed by atoms with E-state index in [0.29, 0.717) is 6.07 Å². The molecule has 7 nitrogen and oxygen atoms in total. The highest BCUT2D eigenvalue weighted by atomic mass is 35.5. The molecule has 0 saturated carbocycles. The van der Waals surface area contributed by atoms with Gasteiger partial charge in [0.2, 0.25) is 0 Å². The summed E-state index contributed by atoms with van der Waals surface area (Å²) < 4.78 is 43.2. The number of alkyl halides is 3. The summed E-state index contributed by atoms with van der Waals surface area (Å²) in [6.45, 7) is 1.16. The number of rotatable bonds is 5. The normalized spacial score (nSPS) is 12.2. The van der Waals surface area contributed by atoms with E-state index in [-0.39, 0.29) is 16.3 Å². The van der Waals surface area contributed by atoms with Crippen molar-refractivity contribution >= 4 is 34.9 Å². The van der Waals surface area contributed by atoms with Crippen LogP contribution in [0.4, 0.5) is 24.5 Å². The number of ether oxygens (including phenoxy) is 1. The highest BCUT2D eigenvalue weighted by molar-refractivity contribution is 6.33. The molecule has 0 fully saturated rings. The van der Waals surface area contributed by atoms with Crippen molar-refractivity contribution in [3.05, 3.63) is 68.7 Å². The standard InChI is InChI=1S/C17H12ClF3N2O5/c1-9(28-16(25)11-4-2-3-5-14(11)23(26)27)15(24)22-13-8-10(17(19,20)21)6-7-12(13)18/h2-9H,1H3,(H,22,24). The van der Waals surface area contributed by atoms with Gasteiger partial charge in [-0.15, -0.1) is 0 Å². The number of carbonyl (C=O) groups excluding carboxylic acids is 2. The lowest BCUT2D eigenvalue weighted by Crippen LogP contribution is -2.30. The molecule has 0 radical (unpaired) electrons. The Balaban J connectivity index is 2.14. The third kappa shape index (κ3) is 4.97. The van der Waals surface area contributed by atoms with Gasteiger partial charge in [0.05, 0.1) is 21.2 Å². The highest BCUT2D eigenvalue weighted by Gasteiger charge is 2.31. The van der Waals surface area contributed by atoms with Gasteiger partial charge in [-0.2, -0.15) is 13.2 Å². The number of anilines is 1. The van der Waals surface area contributed by atoms with Gasteiger partial charge >= 0.3 is 12.1 Å². The number of hydrogen-bond acceptors (Lipinski definition) is 5. The van der Waals surface area contributed by atoms with Crippen molar-refractivity contribution in [1.82, 2.24) is 0 Å². The third-order valence-electron chi connectivity index (χ3n) is 3.53. The minimum Gasteiger partial charge on any atom is -0.449 e. The summed E-state index contributed by atoms with van der Waals surface area (Å²) in [5, 5.41) is 12.9. The molecule has 1 unspecified atom stereocenters. The van der Waals surface area contributed by atoms with Gasteiger partial charge in [0, 0.05) is 6.07 Å². The maximum Gasteiger partial charge on any atom is 0.416 e. The number of nitrogens with zero attached hydrogens (tertiary/aromatic N) is 1. The fourth-order valence-electron chi connectivity index (χ4n) is 2.11. The second-order valence-corrected chi connectivity index (χ2v) is 5.91.